The lowest BCUT2D eigenvalue weighted by molar-refractivity contribution is -0.136. The van der Waals surface area contributed by atoms with E-state index in [4.69, 9.17) is 10.5 Å². The summed E-state index contributed by atoms with van der Waals surface area (Å²) in [5.41, 5.74) is 5.85. The first-order valence-corrected chi connectivity index (χ1v) is 7.05. The molecule has 2 unspecified atom stereocenters. The number of ether oxygens (including phenoxy) is 1. The standard InChI is InChI=1S/C15H20F2N2O2/c16-15(17,9-18)10-19-14(20)12-7-4-8-21-13(12)11-5-2-1-3-6-11/h1-3,5-6,12-13H,4,7-10,18H2,(H,19,20). The summed E-state index contributed by atoms with van der Waals surface area (Å²) in [6, 6.07) is 9.37. The van der Waals surface area contributed by atoms with Gasteiger partial charge in [0.1, 0.15) is 0 Å². The molecule has 0 aromatic heterocycles. The second-order valence-corrected chi connectivity index (χ2v) is 5.23. The summed E-state index contributed by atoms with van der Waals surface area (Å²) in [6.07, 6.45) is 0.986. The molecule has 1 heterocycles. The third-order valence-electron chi connectivity index (χ3n) is 3.61. The minimum Gasteiger partial charge on any atom is -0.373 e. The average Bonchev–Trinajstić information content (AvgIpc) is 2.53. The number of alkyl halides is 2. The average molecular weight is 298 g/mol. The van der Waals surface area contributed by atoms with E-state index in [2.05, 4.69) is 5.32 Å². The number of hydrogen-bond acceptors (Lipinski definition) is 3. The highest BCUT2D eigenvalue weighted by atomic mass is 19.3. The molecular weight excluding hydrogens is 278 g/mol. The molecular formula is C15H20F2N2O2. The van der Waals surface area contributed by atoms with Crippen molar-refractivity contribution in [3.8, 4) is 0 Å². The minimum atomic E-state index is -3.08. The fourth-order valence-electron chi connectivity index (χ4n) is 2.44. The predicted octanol–water partition coefficient (Wildman–Crippen LogP) is 1.86. The first-order valence-electron chi connectivity index (χ1n) is 7.05. The maximum atomic E-state index is 13.1. The zero-order valence-corrected chi connectivity index (χ0v) is 11.7. The smallest absolute Gasteiger partial charge is 0.277 e. The Morgan fingerprint density at radius 3 is 2.76 bits per heavy atom. The van der Waals surface area contributed by atoms with Gasteiger partial charge >= 0.3 is 0 Å². The predicted molar refractivity (Wildman–Crippen MR) is 74.9 cm³/mol. The molecule has 116 valence electrons. The van der Waals surface area contributed by atoms with Crippen LogP contribution in [0.15, 0.2) is 30.3 Å². The third kappa shape index (κ3) is 4.22. The topological polar surface area (TPSA) is 64.3 Å². The molecule has 6 heteroatoms. The van der Waals surface area contributed by atoms with E-state index in [1.165, 1.54) is 0 Å². The van der Waals surface area contributed by atoms with Crippen molar-refractivity contribution >= 4 is 5.91 Å². The molecule has 21 heavy (non-hydrogen) atoms. The number of amides is 1. The first-order chi connectivity index (χ1) is 10.0. The van der Waals surface area contributed by atoms with Crippen LogP contribution in [-0.4, -0.2) is 31.5 Å². The van der Waals surface area contributed by atoms with E-state index in [1.54, 1.807) is 0 Å². The van der Waals surface area contributed by atoms with Crippen LogP contribution >= 0.6 is 0 Å². The van der Waals surface area contributed by atoms with Crippen LogP contribution in [0.2, 0.25) is 0 Å². The summed E-state index contributed by atoms with van der Waals surface area (Å²) in [7, 11) is 0. The summed E-state index contributed by atoms with van der Waals surface area (Å²) in [4.78, 5) is 12.2. The van der Waals surface area contributed by atoms with Crippen LogP contribution in [0.4, 0.5) is 8.78 Å². The fourth-order valence-corrected chi connectivity index (χ4v) is 2.44. The molecule has 0 radical (unpaired) electrons. The lowest BCUT2D eigenvalue weighted by Gasteiger charge is -2.31. The Kier molecular flexibility index (Phi) is 5.25. The zero-order chi connectivity index (χ0) is 15.3. The molecule has 1 aromatic carbocycles. The van der Waals surface area contributed by atoms with Gasteiger partial charge in [-0.15, -0.1) is 0 Å². The van der Waals surface area contributed by atoms with E-state index < -0.39 is 30.8 Å². The molecule has 0 aliphatic carbocycles. The lowest BCUT2D eigenvalue weighted by atomic mass is 9.88. The summed E-state index contributed by atoms with van der Waals surface area (Å²) >= 11 is 0. The number of halogens is 2. The van der Waals surface area contributed by atoms with Crippen LogP contribution in [0.3, 0.4) is 0 Å². The van der Waals surface area contributed by atoms with E-state index in [1.807, 2.05) is 30.3 Å². The first kappa shape index (κ1) is 15.9. The zero-order valence-electron chi connectivity index (χ0n) is 11.7. The SMILES string of the molecule is NCC(F)(F)CNC(=O)C1CCCOC1c1ccccc1. The van der Waals surface area contributed by atoms with Gasteiger partial charge in [0.25, 0.3) is 5.92 Å². The number of carbonyl (C=O) groups is 1. The molecule has 0 bridgehead atoms. The molecule has 1 aliphatic rings. The van der Waals surface area contributed by atoms with Crippen molar-refractivity contribution in [1.82, 2.24) is 5.32 Å². The van der Waals surface area contributed by atoms with Crippen LogP contribution in [0.5, 0.6) is 0 Å². The Balaban J connectivity index is 2.03. The largest absolute Gasteiger partial charge is 0.373 e. The van der Waals surface area contributed by atoms with Crippen LogP contribution in [0.1, 0.15) is 24.5 Å². The molecule has 0 saturated carbocycles. The molecule has 3 N–H and O–H groups in total. The van der Waals surface area contributed by atoms with Gasteiger partial charge in [0, 0.05) is 6.61 Å². The minimum absolute atomic E-state index is 0.383. The van der Waals surface area contributed by atoms with Gasteiger partial charge in [-0.05, 0) is 18.4 Å². The second-order valence-electron chi connectivity index (χ2n) is 5.23. The summed E-state index contributed by atoms with van der Waals surface area (Å²) in [6.45, 7) is -0.945. The molecule has 1 amide bonds. The van der Waals surface area contributed by atoms with Gasteiger partial charge < -0.3 is 15.8 Å². The highest BCUT2D eigenvalue weighted by Gasteiger charge is 2.35. The van der Waals surface area contributed by atoms with Crippen molar-refractivity contribution in [3.05, 3.63) is 35.9 Å². The molecule has 1 aromatic rings. The van der Waals surface area contributed by atoms with E-state index in [-0.39, 0.29) is 6.10 Å². The Bertz CT molecular complexity index is 468. The maximum Gasteiger partial charge on any atom is 0.277 e. The van der Waals surface area contributed by atoms with Crippen LogP contribution < -0.4 is 11.1 Å². The summed E-state index contributed by atoms with van der Waals surface area (Å²) in [5.74, 6) is -3.93. The highest BCUT2D eigenvalue weighted by Crippen LogP contribution is 2.33. The molecule has 2 rings (SSSR count). The van der Waals surface area contributed by atoms with E-state index in [0.29, 0.717) is 13.0 Å². The van der Waals surface area contributed by atoms with Crippen molar-refractivity contribution in [1.29, 1.82) is 0 Å². The Labute approximate surface area is 122 Å². The van der Waals surface area contributed by atoms with Crippen molar-refractivity contribution in [2.24, 2.45) is 11.7 Å². The van der Waals surface area contributed by atoms with Crippen molar-refractivity contribution in [2.45, 2.75) is 24.9 Å². The molecule has 1 saturated heterocycles. The Hall–Kier alpha value is -1.53. The van der Waals surface area contributed by atoms with E-state index in [9.17, 15) is 13.6 Å². The molecule has 4 nitrogen and oxygen atoms in total. The highest BCUT2D eigenvalue weighted by molar-refractivity contribution is 5.79. The van der Waals surface area contributed by atoms with E-state index >= 15 is 0 Å². The number of benzene rings is 1. The van der Waals surface area contributed by atoms with Gasteiger partial charge in [0.15, 0.2) is 0 Å². The van der Waals surface area contributed by atoms with Crippen molar-refractivity contribution < 1.29 is 18.3 Å². The normalized spacial score (nSPS) is 22.8. The monoisotopic (exact) mass is 298 g/mol. The molecule has 1 fully saturated rings. The van der Waals surface area contributed by atoms with Crippen LogP contribution in [0.25, 0.3) is 0 Å². The second kappa shape index (κ2) is 6.95. The van der Waals surface area contributed by atoms with Crippen molar-refractivity contribution in [3.63, 3.8) is 0 Å². The quantitative estimate of drug-likeness (QED) is 0.872. The van der Waals surface area contributed by atoms with Crippen LogP contribution in [-0.2, 0) is 9.53 Å². The van der Waals surface area contributed by atoms with Gasteiger partial charge in [0.05, 0.1) is 25.1 Å². The van der Waals surface area contributed by atoms with Crippen LogP contribution in [0, 0.1) is 5.92 Å². The van der Waals surface area contributed by atoms with Gasteiger partial charge in [-0.1, -0.05) is 30.3 Å². The molecule has 0 spiro atoms. The number of rotatable bonds is 5. The van der Waals surface area contributed by atoms with Gasteiger partial charge in [-0.2, -0.15) is 0 Å². The van der Waals surface area contributed by atoms with Crippen molar-refractivity contribution in [2.75, 3.05) is 19.7 Å². The molecule has 1 aliphatic heterocycles. The van der Waals surface area contributed by atoms with E-state index in [0.717, 1.165) is 12.0 Å². The van der Waals surface area contributed by atoms with Gasteiger partial charge in [-0.3, -0.25) is 4.79 Å². The Morgan fingerprint density at radius 1 is 1.38 bits per heavy atom. The summed E-state index contributed by atoms with van der Waals surface area (Å²) < 4.78 is 31.9. The maximum absolute atomic E-state index is 13.1. The third-order valence-corrected chi connectivity index (χ3v) is 3.61. The number of nitrogens with two attached hydrogens (primary N) is 1. The summed E-state index contributed by atoms with van der Waals surface area (Å²) in [5, 5.41) is 2.29. The number of hydrogen-bond donors (Lipinski definition) is 2. The Morgan fingerprint density at radius 2 is 2.10 bits per heavy atom. The van der Waals surface area contributed by atoms with Gasteiger partial charge in [0.2, 0.25) is 5.91 Å². The molecule has 2 atom stereocenters. The number of carbonyl (C=O) groups excluding carboxylic acids is 1. The lowest BCUT2D eigenvalue weighted by Crippen LogP contribution is -2.45. The fraction of sp³-hybridized carbons (Fsp3) is 0.533. The number of nitrogens with one attached hydrogen (secondary N) is 1. The van der Waals surface area contributed by atoms with Gasteiger partial charge in [-0.25, -0.2) is 8.78 Å².